The second-order valence-electron chi connectivity index (χ2n) is 5.95. The van der Waals surface area contributed by atoms with E-state index in [-0.39, 0.29) is 0 Å². The summed E-state index contributed by atoms with van der Waals surface area (Å²) in [5.41, 5.74) is 0. The molecule has 134 valence electrons. The molecule has 6 heteroatoms. The predicted octanol–water partition coefficient (Wildman–Crippen LogP) is 2.36. The predicted molar refractivity (Wildman–Crippen MR) is 96.5 cm³/mol. The first-order valence-corrected chi connectivity index (χ1v) is 8.97. The lowest BCUT2D eigenvalue weighted by molar-refractivity contribution is 0.0277. The second-order valence-corrected chi connectivity index (χ2v) is 5.95. The molecule has 2 N–H and O–H groups in total. The molecule has 0 saturated heterocycles. The summed E-state index contributed by atoms with van der Waals surface area (Å²) in [5, 5.41) is 6.53. The highest BCUT2D eigenvalue weighted by Crippen LogP contribution is 2.20. The molecule has 0 spiro atoms. The Morgan fingerprint density at radius 2 is 2.04 bits per heavy atom. The highest BCUT2D eigenvalue weighted by atomic mass is 16.5. The van der Waals surface area contributed by atoms with E-state index < -0.39 is 0 Å². The number of hydrogen-bond donors (Lipinski definition) is 2. The lowest BCUT2D eigenvalue weighted by Crippen LogP contribution is -2.40. The largest absolute Gasteiger partial charge is 0.490 e. The van der Waals surface area contributed by atoms with E-state index in [2.05, 4.69) is 20.6 Å². The number of pyridine rings is 1. The zero-order valence-electron chi connectivity index (χ0n) is 14.7. The number of nitrogens with zero attached hydrogens (tertiary/aromatic N) is 2. The molecule has 1 aromatic heterocycles. The molecule has 1 fully saturated rings. The molecule has 24 heavy (non-hydrogen) atoms. The SMILES string of the molecule is CN=C(NCCCOC1CCCCC1)NCCOc1cccnc1. The van der Waals surface area contributed by atoms with E-state index >= 15 is 0 Å². The molecule has 1 aliphatic rings. The summed E-state index contributed by atoms with van der Waals surface area (Å²) < 4.78 is 11.5. The van der Waals surface area contributed by atoms with Crippen LogP contribution >= 0.6 is 0 Å². The standard InChI is InChI=1S/C18H30N4O2/c1-19-18(22-12-14-24-17-9-5-10-20-15-17)21-11-6-13-23-16-7-3-2-4-8-16/h5,9-10,15-16H,2-4,6-8,11-14H2,1H3,(H2,19,21,22). The minimum atomic E-state index is 0.487. The Morgan fingerprint density at radius 1 is 1.21 bits per heavy atom. The molecular weight excluding hydrogens is 304 g/mol. The van der Waals surface area contributed by atoms with Crippen molar-refractivity contribution < 1.29 is 9.47 Å². The third-order valence-electron chi connectivity index (χ3n) is 4.04. The molecule has 1 saturated carbocycles. The highest BCUT2D eigenvalue weighted by Gasteiger charge is 2.12. The summed E-state index contributed by atoms with van der Waals surface area (Å²) >= 11 is 0. The molecular formula is C18H30N4O2. The lowest BCUT2D eigenvalue weighted by atomic mass is 9.98. The van der Waals surface area contributed by atoms with Gasteiger partial charge < -0.3 is 20.1 Å². The van der Waals surface area contributed by atoms with Crippen LogP contribution in [-0.2, 0) is 4.74 Å². The summed E-state index contributed by atoms with van der Waals surface area (Å²) in [4.78, 5) is 8.22. The molecule has 1 aliphatic carbocycles. The van der Waals surface area contributed by atoms with Crippen molar-refractivity contribution in [2.24, 2.45) is 4.99 Å². The van der Waals surface area contributed by atoms with E-state index in [1.54, 1.807) is 19.4 Å². The van der Waals surface area contributed by atoms with Gasteiger partial charge in [0.15, 0.2) is 5.96 Å². The Hall–Kier alpha value is -1.82. The summed E-state index contributed by atoms with van der Waals surface area (Å²) in [6, 6.07) is 3.75. The van der Waals surface area contributed by atoms with Crippen molar-refractivity contribution in [3.8, 4) is 5.75 Å². The molecule has 0 bridgehead atoms. The van der Waals surface area contributed by atoms with Crippen molar-refractivity contribution in [3.63, 3.8) is 0 Å². The Bertz CT molecular complexity index is 461. The smallest absolute Gasteiger partial charge is 0.191 e. The van der Waals surface area contributed by atoms with E-state index in [9.17, 15) is 0 Å². The van der Waals surface area contributed by atoms with Gasteiger partial charge in [-0.05, 0) is 31.4 Å². The Kier molecular flexibility index (Phi) is 9.01. The minimum absolute atomic E-state index is 0.487. The van der Waals surface area contributed by atoms with Crippen LogP contribution in [0, 0.1) is 0 Å². The van der Waals surface area contributed by atoms with Gasteiger partial charge in [0.1, 0.15) is 12.4 Å². The van der Waals surface area contributed by atoms with E-state index in [4.69, 9.17) is 9.47 Å². The zero-order chi connectivity index (χ0) is 16.9. The van der Waals surface area contributed by atoms with Gasteiger partial charge in [-0.25, -0.2) is 0 Å². The van der Waals surface area contributed by atoms with Crippen LogP contribution in [0.15, 0.2) is 29.5 Å². The quantitative estimate of drug-likeness (QED) is 0.412. The van der Waals surface area contributed by atoms with Crippen molar-refractivity contribution in [1.29, 1.82) is 0 Å². The molecule has 0 unspecified atom stereocenters. The summed E-state index contributed by atoms with van der Waals surface area (Å²) in [6.45, 7) is 2.93. The van der Waals surface area contributed by atoms with Crippen LogP contribution in [0.5, 0.6) is 5.75 Å². The van der Waals surface area contributed by atoms with Crippen molar-refractivity contribution in [1.82, 2.24) is 15.6 Å². The number of aromatic nitrogens is 1. The van der Waals surface area contributed by atoms with Crippen LogP contribution in [0.25, 0.3) is 0 Å². The van der Waals surface area contributed by atoms with Crippen LogP contribution < -0.4 is 15.4 Å². The molecule has 1 heterocycles. The van der Waals surface area contributed by atoms with Crippen LogP contribution in [0.3, 0.4) is 0 Å². The lowest BCUT2D eigenvalue weighted by Gasteiger charge is -2.22. The summed E-state index contributed by atoms with van der Waals surface area (Å²) in [7, 11) is 1.77. The fourth-order valence-corrected chi connectivity index (χ4v) is 2.75. The molecule has 1 aromatic rings. The van der Waals surface area contributed by atoms with E-state index in [1.807, 2.05) is 12.1 Å². The third-order valence-corrected chi connectivity index (χ3v) is 4.04. The molecule has 0 atom stereocenters. The van der Waals surface area contributed by atoms with Crippen molar-refractivity contribution >= 4 is 5.96 Å². The Balaban J connectivity index is 1.47. The van der Waals surface area contributed by atoms with Gasteiger partial charge in [-0.2, -0.15) is 0 Å². The monoisotopic (exact) mass is 334 g/mol. The number of guanidine groups is 1. The van der Waals surface area contributed by atoms with Gasteiger partial charge in [-0.1, -0.05) is 19.3 Å². The molecule has 0 radical (unpaired) electrons. The minimum Gasteiger partial charge on any atom is -0.490 e. The number of nitrogens with one attached hydrogen (secondary N) is 2. The van der Waals surface area contributed by atoms with Gasteiger partial charge in [0.05, 0.1) is 18.8 Å². The first-order valence-electron chi connectivity index (χ1n) is 8.97. The van der Waals surface area contributed by atoms with Gasteiger partial charge >= 0.3 is 0 Å². The van der Waals surface area contributed by atoms with E-state index in [0.29, 0.717) is 19.3 Å². The topological polar surface area (TPSA) is 67.8 Å². The Labute approximate surface area is 145 Å². The average molecular weight is 334 g/mol. The molecule has 6 nitrogen and oxygen atoms in total. The molecule has 2 rings (SSSR count). The number of ether oxygens (including phenoxy) is 2. The van der Waals surface area contributed by atoms with Crippen molar-refractivity contribution in [2.45, 2.75) is 44.6 Å². The fraction of sp³-hybridized carbons (Fsp3) is 0.667. The maximum Gasteiger partial charge on any atom is 0.191 e. The average Bonchev–Trinajstić information content (AvgIpc) is 2.65. The Morgan fingerprint density at radius 3 is 2.79 bits per heavy atom. The molecule has 0 aromatic carbocycles. The van der Waals surface area contributed by atoms with Gasteiger partial charge in [-0.15, -0.1) is 0 Å². The molecule has 0 amide bonds. The van der Waals surface area contributed by atoms with Gasteiger partial charge in [0, 0.05) is 26.4 Å². The van der Waals surface area contributed by atoms with Crippen LogP contribution in [0.4, 0.5) is 0 Å². The first-order chi connectivity index (χ1) is 11.9. The third kappa shape index (κ3) is 7.64. The summed E-state index contributed by atoms with van der Waals surface area (Å²) in [5.74, 6) is 1.57. The van der Waals surface area contributed by atoms with Crippen molar-refractivity contribution in [2.75, 3.05) is 33.4 Å². The van der Waals surface area contributed by atoms with E-state index in [1.165, 1.54) is 32.1 Å². The fourth-order valence-electron chi connectivity index (χ4n) is 2.75. The zero-order valence-corrected chi connectivity index (χ0v) is 14.7. The van der Waals surface area contributed by atoms with Gasteiger partial charge in [0.25, 0.3) is 0 Å². The second kappa shape index (κ2) is 11.7. The summed E-state index contributed by atoms with van der Waals surface area (Å²) in [6.07, 6.45) is 11.4. The van der Waals surface area contributed by atoms with Crippen LogP contribution in [-0.4, -0.2) is 50.4 Å². The number of rotatable bonds is 9. The van der Waals surface area contributed by atoms with Crippen LogP contribution in [0.1, 0.15) is 38.5 Å². The normalized spacial score (nSPS) is 16.0. The van der Waals surface area contributed by atoms with E-state index in [0.717, 1.165) is 31.3 Å². The van der Waals surface area contributed by atoms with Gasteiger partial charge in [-0.3, -0.25) is 9.98 Å². The maximum atomic E-state index is 5.92. The number of hydrogen-bond acceptors (Lipinski definition) is 4. The van der Waals surface area contributed by atoms with Crippen molar-refractivity contribution in [3.05, 3.63) is 24.5 Å². The van der Waals surface area contributed by atoms with Gasteiger partial charge in [0.2, 0.25) is 0 Å². The van der Waals surface area contributed by atoms with Crippen LogP contribution in [0.2, 0.25) is 0 Å². The molecule has 0 aliphatic heterocycles. The maximum absolute atomic E-state index is 5.92. The highest BCUT2D eigenvalue weighted by molar-refractivity contribution is 5.79. The first kappa shape index (κ1) is 18.5. The number of aliphatic imine (C=N–C) groups is 1.